The van der Waals surface area contributed by atoms with Crippen molar-refractivity contribution in [3.63, 3.8) is 0 Å². The highest BCUT2D eigenvalue weighted by Gasteiger charge is 2.36. The third kappa shape index (κ3) is 4.76. The highest BCUT2D eigenvalue weighted by molar-refractivity contribution is 7.89. The smallest absolute Gasteiger partial charge is 0.317 e. The molecule has 4 rings (SSSR count). The number of nitro groups is 1. The summed E-state index contributed by atoms with van der Waals surface area (Å²) in [6, 6.07) is 12.9. The lowest BCUT2D eigenvalue weighted by molar-refractivity contribution is -0.385. The lowest BCUT2D eigenvalue weighted by Gasteiger charge is -2.35. The molecule has 2 aromatic carbocycles. The van der Waals surface area contributed by atoms with Gasteiger partial charge < -0.3 is 10.2 Å². The molecule has 0 bridgehead atoms. The van der Waals surface area contributed by atoms with E-state index in [1.54, 1.807) is 4.90 Å². The molecule has 0 radical (unpaired) electrons. The molecule has 170 valence electrons. The Bertz CT molecular complexity index is 1110. The number of carbonyl (C=O) groups excluding carboxylic acids is 1. The Morgan fingerprint density at radius 2 is 1.75 bits per heavy atom. The van der Waals surface area contributed by atoms with Gasteiger partial charge in [-0.05, 0) is 37.3 Å². The normalized spacial score (nSPS) is 18.2. The lowest BCUT2D eigenvalue weighted by atomic mass is 10.0. The third-order valence-electron chi connectivity index (χ3n) is 6.00. The van der Waals surface area contributed by atoms with Crippen molar-refractivity contribution >= 4 is 21.7 Å². The molecule has 1 saturated heterocycles. The van der Waals surface area contributed by atoms with Crippen LogP contribution >= 0.6 is 0 Å². The lowest BCUT2D eigenvalue weighted by Crippen LogP contribution is -2.53. The van der Waals surface area contributed by atoms with Gasteiger partial charge in [0.1, 0.15) is 0 Å². The topological polar surface area (TPSA) is 113 Å². The Balaban J connectivity index is 1.39. The Hall–Kier alpha value is -2.98. The van der Waals surface area contributed by atoms with Crippen LogP contribution < -0.4 is 5.32 Å². The van der Waals surface area contributed by atoms with Crippen LogP contribution in [0.25, 0.3) is 0 Å². The molecule has 0 spiro atoms. The Labute approximate surface area is 187 Å². The molecule has 2 amide bonds. The molecule has 10 heteroatoms. The van der Waals surface area contributed by atoms with E-state index >= 15 is 0 Å². The molecule has 1 heterocycles. The predicted molar refractivity (Wildman–Crippen MR) is 119 cm³/mol. The third-order valence-corrected chi connectivity index (χ3v) is 7.90. The maximum Gasteiger partial charge on any atom is 0.317 e. The first kappa shape index (κ1) is 22.2. The zero-order valence-electron chi connectivity index (χ0n) is 17.8. The summed E-state index contributed by atoms with van der Waals surface area (Å²) in [5.74, 6) is 0.428. The van der Waals surface area contributed by atoms with Crippen LogP contribution in [0.1, 0.15) is 30.0 Å². The van der Waals surface area contributed by atoms with Gasteiger partial charge in [-0.3, -0.25) is 10.1 Å². The molecule has 32 heavy (non-hydrogen) atoms. The maximum atomic E-state index is 12.9. The number of carbonyl (C=O) groups is 1. The van der Waals surface area contributed by atoms with E-state index in [0.717, 1.165) is 30.0 Å². The summed E-state index contributed by atoms with van der Waals surface area (Å²) in [6.45, 7) is 2.81. The number of aryl methyl sites for hydroxylation is 1. The summed E-state index contributed by atoms with van der Waals surface area (Å²) in [7, 11) is -3.87. The second-order valence-electron chi connectivity index (χ2n) is 8.32. The number of piperazine rings is 1. The van der Waals surface area contributed by atoms with Crippen molar-refractivity contribution in [3.05, 3.63) is 69.8 Å². The van der Waals surface area contributed by atoms with E-state index in [9.17, 15) is 23.3 Å². The van der Waals surface area contributed by atoms with Crippen molar-refractivity contribution < 1.29 is 18.1 Å². The highest BCUT2D eigenvalue weighted by atomic mass is 32.2. The predicted octanol–water partition coefficient (Wildman–Crippen LogP) is 3.07. The summed E-state index contributed by atoms with van der Waals surface area (Å²) >= 11 is 0. The first-order valence-corrected chi connectivity index (χ1v) is 12.1. The van der Waals surface area contributed by atoms with Gasteiger partial charge in [-0.2, -0.15) is 4.31 Å². The molecule has 1 N–H and O–H groups in total. The average Bonchev–Trinajstić information content (AvgIpc) is 3.63. The standard InChI is InChI=1S/C22H26N4O5S/c1-16-5-7-17(8-6-16)21(18-9-10-18)23-22(27)24-11-13-25(14-12-24)32(30,31)20-4-2-3-19(15-20)26(28)29/h2-8,15,18,21H,9-14H2,1H3,(H,23,27)/t21-/m1/s1. The second kappa shape index (κ2) is 8.87. The minimum absolute atomic E-state index is 0.0465. The van der Waals surface area contributed by atoms with Crippen molar-refractivity contribution in [2.24, 2.45) is 5.92 Å². The van der Waals surface area contributed by atoms with Crippen molar-refractivity contribution in [1.29, 1.82) is 0 Å². The molecule has 1 aliphatic carbocycles. The minimum Gasteiger partial charge on any atom is -0.331 e. The number of nitro benzene ring substituents is 1. The van der Waals surface area contributed by atoms with Crippen LogP contribution in [0.5, 0.6) is 0 Å². The van der Waals surface area contributed by atoms with E-state index < -0.39 is 14.9 Å². The first-order valence-electron chi connectivity index (χ1n) is 10.6. The summed E-state index contributed by atoms with van der Waals surface area (Å²) < 4.78 is 27.1. The fourth-order valence-corrected chi connectivity index (χ4v) is 5.40. The summed E-state index contributed by atoms with van der Waals surface area (Å²) in [6.07, 6.45) is 2.15. The number of benzene rings is 2. The minimum atomic E-state index is -3.87. The zero-order chi connectivity index (χ0) is 22.9. The number of amides is 2. The Kier molecular flexibility index (Phi) is 6.16. The summed E-state index contributed by atoms with van der Waals surface area (Å²) in [5, 5.41) is 14.1. The van der Waals surface area contributed by atoms with Crippen LogP contribution in [0.15, 0.2) is 53.4 Å². The monoisotopic (exact) mass is 458 g/mol. The first-order chi connectivity index (χ1) is 15.3. The molecule has 9 nitrogen and oxygen atoms in total. The van der Waals surface area contributed by atoms with Crippen LogP contribution in [0, 0.1) is 23.0 Å². The molecule has 1 aliphatic heterocycles. The molecule has 1 saturated carbocycles. The number of hydrogen-bond acceptors (Lipinski definition) is 5. The Morgan fingerprint density at radius 1 is 1.09 bits per heavy atom. The zero-order valence-corrected chi connectivity index (χ0v) is 18.6. The number of nitrogens with one attached hydrogen (secondary N) is 1. The average molecular weight is 459 g/mol. The van der Waals surface area contributed by atoms with Gasteiger partial charge in [0, 0.05) is 38.3 Å². The number of urea groups is 1. The number of non-ortho nitro benzene ring substituents is 1. The fourth-order valence-electron chi connectivity index (χ4n) is 3.94. The number of rotatable bonds is 6. The molecular weight excluding hydrogens is 432 g/mol. The van der Waals surface area contributed by atoms with Crippen molar-refractivity contribution in [2.45, 2.75) is 30.7 Å². The molecule has 1 atom stereocenters. The number of hydrogen-bond donors (Lipinski definition) is 1. The summed E-state index contributed by atoms with van der Waals surface area (Å²) in [4.78, 5) is 24.8. The van der Waals surface area contributed by atoms with E-state index in [-0.39, 0.29) is 48.8 Å². The van der Waals surface area contributed by atoms with E-state index in [0.29, 0.717) is 5.92 Å². The van der Waals surface area contributed by atoms with E-state index in [4.69, 9.17) is 0 Å². The summed E-state index contributed by atoms with van der Waals surface area (Å²) in [5.41, 5.74) is 1.97. The molecule has 2 aliphatic rings. The van der Waals surface area contributed by atoms with E-state index in [2.05, 4.69) is 5.32 Å². The van der Waals surface area contributed by atoms with Crippen LogP contribution in [-0.4, -0.2) is 54.8 Å². The van der Waals surface area contributed by atoms with Gasteiger partial charge >= 0.3 is 6.03 Å². The SMILES string of the molecule is Cc1ccc([C@@H](NC(=O)N2CCN(S(=O)(=O)c3cccc([N+](=O)[O-])c3)CC2)C2CC2)cc1. The van der Waals surface area contributed by atoms with Gasteiger partial charge in [0.25, 0.3) is 5.69 Å². The van der Waals surface area contributed by atoms with Crippen LogP contribution in [0.2, 0.25) is 0 Å². The van der Waals surface area contributed by atoms with E-state index in [1.165, 1.54) is 22.5 Å². The van der Waals surface area contributed by atoms with Gasteiger partial charge in [-0.25, -0.2) is 13.2 Å². The Morgan fingerprint density at radius 3 is 2.34 bits per heavy atom. The van der Waals surface area contributed by atoms with Crippen molar-refractivity contribution in [3.8, 4) is 0 Å². The van der Waals surface area contributed by atoms with Gasteiger partial charge in [0.15, 0.2) is 0 Å². The fraction of sp³-hybridized carbons (Fsp3) is 0.409. The van der Waals surface area contributed by atoms with Gasteiger partial charge in [0.2, 0.25) is 10.0 Å². The van der Waals surface area contributed by atoms with Gasteiger partial charge in [-0.15, -0.1) is 0 Å². The van der Waals surface area contributed by atoms with Gasteiger partial charge in [0.05, 0.1) is 15.9 Å². The van der Waals surface area contributed by atoms with Crippen molar-refractivity contribution in [1.82, 2.24) is 14.5 Å². The molecule has 2 fully saturated rings. The molecule has 0 unspecified atom stereocenters. The second-order valence-corrected chi connectivity index (χ2v) is 10.3. The van der Waals surface area contributed by atoms with Crippen LogP contribution in [0.3, 0.4) is 0 Å². The van der Waals surface area contributed by atoms with Crippen molar-refractivity contribution in [2.75, 3.05) is 26.2 Å². The maximum absolute atomic E-state index is 12.9. The number of nitrogens with zero attached hydrogens (tertiary/aromatic N) is 3. The molecule has 0 aromatic heterocycles. The number of sulfonamides is 1. The quantitative estimate of drug-likeness (QED) is 0.528. The highest BCUT2D eigenvalue weighted by Crippen LogP contribution is 2.41. The molecule has 2 aromatic rings. The molecular formula is C22H26N4O5S. The largest absolute Gasteiger partial charge is 0.331 e. The van der Waals surface area contributed by atoms with E-state index in [1.807, 2.05) is 31.2 Å². The van der Waals surface area contributed by atoms with Crippen LogP contribution in [0.4, 0.5) is 10.5 Å². The van der Waals surface area contributed by atoms with Gasteiger partial charge in [-0.1, -0.05) is 35.9 Å². The van der Waals surface area contributed by atoms with Crippen LogP contribution in [-0.2, 0) is 10.0 Å².